The number of hydrogen-bond acceptors (Lipinski definition) is 3. The van der Waals surface area contributed by atoms with E-state index >= 15 is 0 Å². The number of hydrogen-bond donors (Lipinski definition) is 0. The second-order valence-electron chi connectivity index (χ2n) is 2.82. The summed E-state index contributed by atoms with van der Waals surface area (Å²) in [5.74, 6) is -0.790. The third kappa shape index (κ3) is 3.37. The van der Waals surface area contributed by atoms with Gasteiger partial charge >= 0.3 is 12.3 Å². The lowest BCUT2D eigenvalue weighted by molar-refractivity contribution is -0.360. The molecule has 0 N–H and O–H groups in total. The summed E-state index contributed by atoms with van der Waals surface area (Å²) in [4.78, 5) is -0.257. The van der Waals surface area contributed by atoms with Crippen LogP contribution in [0.25, 0.3) is 0 Å². The van der Waals surface area contributed by atoms with Crippen LogP contribution in [-0.2, 0) is 11.1 Å². The minimum Gasteiger partial charge on any atom is -0.768 e. The van der Waals surface area contributed by atoms with Crippen molar-refractivity contribution < 1.29 is 35.5 Å². The second-order valence-corrected chi connectivity index (χ2v) is 3.76. The molecule has 9 heteroatoms. The maximum Gasteiger partial charge on any atom is 0.499 e. The van der Waals surface area contributed by atoms with Gasteiger partial charge in [-0.05, 0) is 35.3 Å². The molecule has 3 nitrogen and oxygen atoms in total. The third-order valence-corrected chi connectivity index (χ3v) is 2.25. The van der Waals surface area contributed by atoms with Crippen LogP contribution in [-0.4, -0.2) is 21.0 Å². The van der Waals surface area contributed by atoms with Crippen LogP contribution in [0.15, 0.2) is 29.2 Å². The van der Waals surface area contributed by atoms with Gasteiger partial charge < -0.3 is 9.29 Å². The number of alkyl halides is 5. The molecule has 0 aliphatic heterocycles. The van der Waals surface area contributed by atoms with E-state index in [2.05, 4.69) is 4.74 Å². The predicted molar refractivity (Wildman–Crippen MR) is 45.3 cm³/mol. The standard InChI is InChI=1S/C8H5F5O3S/c9-7(10,11)8(12,13)16-5-1-3-6(4-2-5)17(14)15/h1-4H,(H,14,15)/p-1. The highest BCUT2D eigenvalue weighted by Gasteiger charge is 2.61. The van der Waals surface area contributed by atoms with Gasteiger partial charge in [-0.3, -0.25) is 4.21 Å². The van der Waals surface area contributed by atoms with E-state index in [1.165, 1.54) is 0 Å². The SMILES string of the molecule is O=S([O-])c1ccc(OC(F)(F)C(F)(F)F)cc1. The van der Waals surface area contributed by atoms with Gasteiger partial charge in [-0.25, -0.2) is 0 Å². The van der Waals surface area contributed by atoms with Gasteiger partial charge in [-0.15, -0.1) is 0 Å². The largest absolute Gasteiger partial charge is 0.768 e. The van der Waals surface area contributed by atoms with Gasteiger partial charge in [0.15, 0.2) is 0 Å². The smallest absolute Gasteiger partial charge is 0.499 e. The lowest BCUT2D eigenvalue weighted by Gasteiger charge is -2.20. The van der Waals surface area contributed by atoms with Crippen LogP contribution < -0.4 is 4.74 Å². The molecular weight excluding hydrogens is 271 g/mol. The fraction of sp³-hybridized carbons (Fsp3) is 0.250. The van der Waals surface area contributed by atoms with Gasteiger partial charge in [0.2, 0.25) is 0 Å². The van der Waals surface area contributed by atoms with Gasteiger partial charge in [0, 0.05) is 4.90 Å². The second kappa shape index (κ2) is 4.57. The van der Waals surface area contributed by atoms with Crippen molar-refractivity contribution >= 4 is 11.1 Å². The number of ether oxygens (including phenoxy) is 1. The maximum atomic E-state index is 12.4. The number of benzene rings is 1. The molecule has 1 aromatic rings. The van der Waals surface area contributed by atoms with E-state index in [-0.39, 0.29) is 4.90 Å². The molecule has 0 aliphatic carbocycles. The normalized spacial score (nSPS) is 14.5. The summed E-state index contributed by atoms with van der Waals surface area (Å²) in [7, 11) is 0. The van der Waals surface area contributed by atoms with E-state index in [1.807, 2.05) is 0 Å². The number of halogens is 5. The van der Waals surface area contributed by atoms with Crippen molar-refractivity contribution in [3.63, 3.8) is 0 Å². The predicted octanol–water partition coefficient (Wildman–Crippen LogP) is 2.46. The first-order chi connectivity index (χ1) is 7.63. The average Bonchev–Trinajstić information content (AvgIpc) is 2.16. The molecule has 0 aliphatic rings. The Bertz CT molecular complexity index is 414. The first-order valence-electron chi connectivity index (χ1n) is 3.96. The van der Waals surface area contributed by atoms with Crippen LogP contribution in [0.3, 0.4) is 0 Å². The molecule has 17 heavy (non-hydrogen) atoms. The molecule has 0 amide bonds. The zero-order valence-electron chi connectivity index (χ0n) is 7.83. The molecule has 0 saturated heterocycles. The Morgan fingerprint density at radius 3 is 1.88 bits per heavy atom. The highest BCUT2D eigenvalue weighted by Crippen LogP contribution is 2.37. The molecule has 1 rings (SSSR count). The molecule has 0 aromatic heterocycles. The fourth-order valence-electron chi connectivity index (χ4n) is 0.825. The highest BCUT2D eigenvalue weighted by atomic mass is 32.2. The summed E-state index contributed by atoms with van der Waals surface area (Å²) < 4.78 is 84.3. The van der Waals surface area contributed by atoms with Crippen LogP contribution in [0.5, 0.6) is 5.75 Å². The quantitative estimate of drug-likeness (QED) is 0.629. The fourth-order valence-corrected chi connectivity index (χ4v) is 1.18. The zero-order chi connectivity index (χ0) is 13.3. The van der Waals surface area contributed by atoms with E-state index in [4.69, 9.17) is 0 Å². The maximum absolute atomic E-state index is 12.4. The summed E-state index contributed by atoms with van der Waals surface area (Å²) >= 11 is -2.59. The Morgan fingerprint density at radius 1 is 1.06 bits per heavy atom. The van der Waals surface area contributed by atoms with E-state index in [1.54, 1.807) is 0 Å². The monoisotopic (exact) mass is 275 g/mol. The Hall–Kier alpha value is -1.22. The molecule has 0 radical (unpaired) electrons. The summed E-state index contributed by atoms with van der Waals surface area (Å²) in [5, 5.41) is 0. The number of rotatable bonds is 3. The van der Waals surface area contributed by atoms with Crippen LogP contribution in [0.2, 0.25) is 0 Å². The van der Waals surface area contributed by atoms with Crippen LogP contribution in [0, 0.1) is 0 Å². The Kier molecular flexibility index (Phi) is 3.72. The molecule has 0 heterocycles. The average molecular weight is 275 g/mol. The van der Waals surface area contributed by atoms with Gasteiger partial charge in [0.1, 0.15) is 5.75 Å². The molecular formula is C8H4F5O3S-. The minimum absolute atomic E-state index is 0.257. The van der Waals surface area contributed by atoms with Crippen molar-refractivity contribution in [2.45, 2.75) is 17.2 Å². The lowest BCUT2D eigenvalue weighted by Crippen LogP contribution is -2.41. The Balaban J connectivity index is 2.86. The van der Waals surface area contributed by atoms with E-state index in [0.29, 0.717) is 12.1 Å². The first-order valence-corrected chi connectivity index (χ1v) is 5.04. The lowest BCUT2D eigenvalue weighted by atomic mass is 10.3. The van der Waals surface area contributed by atoms with Crippen molar-refractivity contribution in [1.29, 1.82) is 0 Å². The zero-order valence-corrected chi connectivity index (χ0v) is 8.65. The van der Waals surface area contributed by atoms with Crippen molar-refractivity contribution in [3.8, 4) is 5.75 Å². The van der Waals surface area contributed by atoms with Gasteiger partial charge in [0.05, 0.1) is 0 Å². The molecule has 1 aromatic carbocycles. The van der Waals surface area contributed by atoms with Crippen molar-refractivity contribution in [3.05, 3.63) is 24.3 Å². The molecule has 0 bridgehead atoms. The summed E-state index contributed by atoms with van der Waals surface area (Å²) in [6, 6.07) is 3.07. The third-order valence-electron chi connectivity index (χ3n) is 1.59. The van der Waals surface area contributed by atoms with Crippen molar-refractivity contribution in [2.75, 3.05) is 0 Å². The summed E-state index contributed by atoms with van der Waals surface area (Å²) in [5.41, 5.74) is 0. The molecule has 1 atom stereocenters. The molecule has 0 fully saturated rings. The van der Waals surface area contributed by atoms with E-state index in [0.717, 1.165) is 12.1 Å². The van der Waals surface area contributed by atoms with Crippen LogP contribution in [0.4, 0.5) is 22.0 Å². The van der Waals surface area contributed by atoms with Gasteiger partial charge in [-0.1, -0.05) is 0 Å². The molecule has 0 spiro atoms. The van der Waals surface area contributed by atoms with Crippen molar-refractivity contribution in [2.24, 2.45) is 0 Å². The van der Waals surface area contributed by atoms with Crippen LogP contribution >= 0.6 is 0 Å². The summed E-state index contributed by atoms with van der Waals surface area (Å²) in [6.07, 6.45) is -11.2. The highest BCUT2D eigenvalue weighted by molar-refractivity contribution is 7.79. The Morgan fingerprint density at radius 2 is 1.53 bits per heavy atom. The molecule has 1 unspecified atom stereocenters. The van der Waals surface area contributed by atoms with E-state index in [9.17, 15) is 30.7 Å². The van der Waals surface area contributed by atoms with Gasteiger partial charge in [-0.2, -0.15) is 22.0 Å². The van der Waals surface area contributed by atoms with E-state index < -0.39 is 29.1 Å². The molecule has 96 valence electrons. The minimum atomic E-state index is -5.84. The topological polar surface area (TPSA) is 49.4 Å². The van der Waals surface area contributed by atoms with Gasteiger partial charge in [0.25, 0.3) is 0 Å². The summed E-state index contributed by atoms with van der Waals surface area (Å²) in [6.45, 7) is 0. The van der Waals surface area contributed by atoms with Crippen molar-refractivity contribution in [1.82, 2.24) is 0 Å². The molecule has 0 saturated carbocycles. The first kappa shape index (κ1) is 13.8. The Labute approximate surface area is 94.5 Å². The van der Waals surface area contributed by atoms with Crippen LogP contribution in [0.1, 0.15) is 0 Å².